The predicted octanol–water partition coefficient (Wildman–Crippen LogP) is 0.409. The fourth-order valence-corrected chi connectivity index (χ4v) is 2.37. The first-order chi connectivity index (χ1) is 7.18. The summed E-state index contributed by atoms with van der Waals surface area (Å²) in [5.41, 5.74) is 5.42. The zero-order valence-electron chi connectivity index (χ0n) is 9.29. The Morgan fingerprint density at radius 3 is 2.73 bits per heavy atom. The average molecular weight is 212 g/mol. The van der Waals surface area contributed by atoms with Crippen LogP contribution in [-0.4, -0.2) is 31.2 Å². The number of hydrogen-bond acceptors (Lipinski definition) is 3. The van der Waals surface area contributed by atoms with Crippen molar-refractivity contribution in [1.82, 2.24) is 5.32 Å². The number of nitrogens with one attached hydrogen (secondary N) is 1. The van der Waals surface area contributed by atoms with Gasteiger partial charge in [0.1, 0.15) is 0 Å². The number of hydrogen-bond donors (Lipinski definition) is 2. The molecule has 2 unspecified atom stereocenters. The number of rotatable bonds is 3. The molecule has 2 fully saturated rings. The summed E-state index contributed by atoms with van der Waals surface area (Å²) >= 11 is 0. The average Bonchev–Trinajstić information content (AvgIpc) is 2.51. The van der Waals surface area contributed by atoms with Crippen LogP contribution in [0.3, 0.4) is 0 Å². The first kappa shape index (κ1) is 10.9. The third-order valence-electron chi connectivity index (χ3n) is 3.88. The van der Waals surface area contributed by atoms with Gasteiger partial charge in [0, 0.05) is 13.2 Å². The predicted molar refractivity (Wildman–Crippen MR) is 57.3 cm³/mol. The molecule has 0 bridgehead atoms. The number of amides is 1. The van der Waals surface area contributed by atoms with Crippen molar-refractivity contribution in [2.45, 2.75) is 44.8 Å². The summed E-state index contributed by atoms with van der Waals surface area (Å²) in [4.78, 5) is 12.0. The highest BCUT2D eigenvalue weighted by Crippen LogP contribution is 2.40. The zero-order chi connectivity index (χ0) is 10.9. The van der Waals surface area contributed by atoms with Gasteiger partial charge in [-0.15, -0.1) is 0 Å². The van der Waals surface area contributed by atoms with Crippen LogP contribution >= 0.6 is 0 Å². The Labute approximate surface area is 90.5 Å². The van der Waals surface area contributed by atoms with E-state index >= 15 is 0 Å². The maximum atomic E-state index is 12.0. The summed E-state index contributed by atoms with van der Waals surface area (Å²) in [5.74, 6) is 0.138. The second kappa shape index (κ2) is 4.10. The molecule has 0 aromatic carbocycles. The lowest BCUT2D eigenvalue weighted by atomic mass is 9.68. The second-order valence-corrected chi connectivity index (χ2v) is 4.78. The summed E-state index contributed by atoms with van der Waals surface area (Å²) in [7, 11) is 0. The lowest BCUT2D eigenvalue weighted by molar-refractivity contribution is -0.136. The van der Waals surface area contributed by atoms with Crippen LogP contribution in [0, 0.1) is 5.41 Å². The van der Waals surface area contributed by atoms with Crippen LogP contribution in [0.15, 0.2) is 0 Å². The Hall–Kier alpha value is -0.610. The van der Waals surface area contributed by atoms with Gasteiger partial charge in [0.25, 0.3) is 0 Å². The fraction of sp³-hybridized carbons (Fsp3) is 0.909. The fourth-order valence-electron chi connectivity index (χ4n) is 2.37. The van der Waals surface area contributed by atoms with Crippen LogP contribution < -0.4 is 11.1 Å². The van der Waals surface area contributed by atoms with Crippen molar-refractivity contribution in [2.75, 3.05) is 13.2 Å². The molecule has 0 radical (unpaired) electrons. The molecule has 1 saturated heterocycles. The van der Waals surface area contributed by atoms with E-state index in [4.69, 9.17) is 10.5 Å². The van der Waals surface area contributed by atoms with Crippen LogP contribution in [0.2, 0.25) is 0 Å². The minimum Gasteiger partial charge on any atom is -0.376 e. The number of carbonyl (C=O) groups excluding carboxylic acids is 1. The summed E-state index contributed by atoms with van der Waals surface area (Å²) < 4.78 is 5.42. The summed E-state index contributed by atoms with van der Waals surface area (Å²) in [6.07, 6.45) is 4.08. The molecule has 2 atom stereocenters. The van der Waals surface area contributed by atoms with Crippen LogP contribution in [0.4, 0.5) is 0 Å². The molecule has 0 spiro atoms. The number of nitrogens with two attached hydrogens (primary N) is 1. The Bertz CT molecular complexity index is 245. The summed E-state index contributed by atoms with van der Waals surface area (Å²) in [5, 5.41) is 3.08. The lowest BCUT2D eigenvalue weighted by Gasteiger charge is -2.40. The van der Waals surface area contributed by atoms with Gasteiger partial charge in [-0.25, -0.2) is 0 Å². The van der Waals surface area contributed by atoms with Crippen LogP contribution in [0.25, 0.3) is 0 Å². The van der Waals surface area contributed by atoms with Crippen molar-refractivity contribution in [3.05, 3.63) is 0 Å². The van der Waals surface area contributed by atoms with Gasteiger partial charge in [-0.2, -0.15) is 0 Å². The van der Waals surface area contributed by atoms with Gasteiger partial charge >= 0.3 is 0 Å². The number of carbonyl (C=O) groups is 1. The van der Waals surface area contributed by atoms with E-state index in [1.54, 1.807) is 0 Å². The molecule has 4 nitrogen and oxygen atoms in total. The van der Waals surface area contributed by atoms with Crippen LogP contribution in [0.5, 0.6) is 0 Å². The Morgan fingerprint density at radius 2 is 2.33 bits per heavy atom. The van der Waals surface area contributed by atoms with E-state index in [9.17, 15) is 4.79 Å². The molecule has 0 aromatic rings. The Kier molecular flexibility index (Phi) is 2.98. The van der Waals surface area contributed by atoms with E-state index in [0.29, 0.717) is 6.54 Å². The van der Waals surface area contributed by atoms with E-state index in [1.807, 2.05) is 6.92 Å². The monoisotopic (exact) mass is 212 g/mol. The normalized spacial score (nSPS) is 33.5. The highest BCUT2D eigenvalue weighted by molar-refractivity contribution is 5.84. The van der Waals surface area contributed by atoms with Gasteiger partial charge in [-0.05, 0) is 26.2 Å². The SMILES string of the molecule is CC1OCCC1NC(=O)C1(CN)CCC1. The van der Waals surface area contributed by atoms with Crippen LogP contribution in [-0.2, 0) is 9.53 Å². The van der Waals surface area contributed by atoms with Gasteiger partial charge < -0.3 is 15.8 Å². The quantitative estimate of drug-likeness (QED) is 0.712. The standard InChI is InChI=1S/C11H20N2O2/c1-8-9(3-6-15-8)13-10(14)11(7-12)4-2-5-11/h8-9H,2-7,12H2,1H3,(H,13,14). The molecule has 1 saturated carbocycles. The highest BCUT2D eigenvalue weighted by Gasteiger charge is 2.44. The van der Waals surface area contributed by atoms with E-state index in [0.717, 1.165) is 32.3 Å². The molecule has 86 valence electrons. The topological polar surface area (TPSA) is 64.3 Å². The third kappa shape index (κ3) is 1.88. The van der Waals surface area contributed by atoms with Gasteiger partial charge in [0.05, 0.1) is 17.6 Å². The van der Waals surface area contributed by atoms with E-state index in [-0.39, 0.29) is 23.5 Å². The molecule has 3 N–H and O–H groups in total. The van der Waals surface area contributed by atoms with E-state index in [2.05, 4.69) is 5.32 Å². The molecule has 1 aliphatic heterocycles. The van der Waals surface area contributed by atoms with Crippen molar-refractivity contribution < 1.29 is 9.53 Å². The smallest absolute Gasteiger partial charge is 0.227 e. The number of ether oxygens (including phenoxy) is 1. The molecule has 2 aliphatic rings. The minimum atomic E-state index is -0.262. The lowest BCUT2D eigenvalue weighted by Crippen LogP contribution is -2.53. The first-order valence-electron chi connectivity index (χ1n) is 5.81. The molecule has 1 amide bonds. The first-order valence-corrected chi connectivity index (χ1v) is 5.81. The van der Waals surface area contributed by atoms with Gasteiger partial charge in [-0.3, -0.25) is 4.79 Å². The second-order valence-electron chi connectivity index (χ2n) is 4.78. The maximum absolute atomic E-state index is 12.0. The third-order valence-corrected chi connectivity index (χ3v) is 3.88. The largest absolute Gasteiger partial charge is 0.376 e. The van der Waals surface area contributed by atoms with Crippen molar-refractivity contribution >= 4 is 5.91 Å². The van der Waals surface area contributed by atoms with E-state index < -0.39 is 0 Å². The van der Waals surface area contributed by atoms with Crippen molar-refractivity contribution in [3.8, 4) is 0 Å². The van der Waals surface area contributed by atoms with Gasteiger partial charge in [-0.1, -0.05) is 6.42 Å². The van der Waals surface area contributed by atoms with Gasteiger partial charge in [0.2, 0.25) is 5.91 Å². The molecule has 1 heterocycles. The molecule has 2 rings (SSSR count). The maximum Gasteiger partial charge on any atom is 0.227 e. The van der Waals surface area contributed by atoms with Crippen molar-refractivity contribution in [2.24, 2.45) is 11.1 Å². The molecule has 0 aromatic heterocycles. The van der Waals surface area contributed by atoms with Gasteiger partial charge in [0.15, 0.2) is 0 Å². The molecule has 15 heavy (non-hydrogen) atoms. The van der Waals surface area contributed by atoms with Crippen molar-refractivity contribution in [3.63, 3.8) is 0 Å². The minimum absolute atomic E-state index is 0.138. The molecule has 4 heteroatoms. The van der Waals surface area contributed by atoms with Crippen LogP contribution in [0.1, 0.15) is 32.6 Å². The summed E-state index contributed by atoms with van der Waals surface area (Å²) in [6, 6.07) is 0.182. The molecular formula is C11H20N2O2. The molecule has 1 aliphatic carbocycles. The van der Waals surface area contributed by atoms with Crippen molar-refractivity contribution in [1.29, 1.82) is 0 Å². The Balaban J connectivity index is 1.91. The highest BCUT2D eigenvalue weighted by atomic mass is 16.5. The van der Waals surface area contributed by atoms with E-state index in [1.165, 1.54) is 0 Å². The Morgan fingerprint density at radius 1 is 1.60 bits per heavy atom. The molecular weight excluding hydrogens is 192 g/mol. The summed E-state index contributed by atoms with van der Waals surface area (Å²) in [6.45, 7) is 3.23. The zero-order valence-corrected chi connectivity index (χ0v) is 9.29.